The highest BCUT2D eigenvalue weighted by Crippen LogP contribution is 2.37. The molecule has 0 radical (unpaired) electrons. The number of ether oxygens (including phenoxy) is 7. The Hall–Kier alpha value is -5.34. The van der Waals surface area contributed by atoms with Gasteiger partial charge in [-0.05, 0) is 33.1 Å². The van der Waals surface area contributed by atoms with Gasteiger partial charge < -0.3 is 89.8 Å². The number of aliphatic hydroxyl groups is 9. The molecule has 0 spiro atoms. The van der Waals surface area contributed by atoms with E-state index in [2.05, 4.69) is 23.8 Å². The number of hydrogen-bond donors (Lipinski definition) is 11. The summed E-state index contributed by atoms with van der Waals surface area (Å²) < 4.78 is 39.5. The minimum atomic E-state index is -2.38. The molecule has 2 saturated heterocycles. The average molecular weight is 1090 g/mol. The van der Waals surface area contributed by atoms with E-state index in [1.165, 1.54) is 25.2 Å². The molecule has 2 bridgehead atoms. The Morgan fingerprint density at radius 3 is 1.91 bits per heavy atom. The molecule has 19 unspecified atom stereocenters. The molecule has 0 saturated carbocycles. The summed E-state index contributed by atoms with van der Waals surface area (Å²) in [6, 6.07) is -2.60. The Morgan fingerprint density at radius 2 is 1.30 bits per heavy atom. The van der Waals surface area contributed by atoms with Crippen molar-refractivity contribution in [3.05, 3.63) is 110 Å². The van der Waals surface area contributed by atoms with Gasteiger partial charge in [0, 0.05) is 37.5 Å². The Balaban J connectivity index is 2.02. The van der Waals surface area contributed by atoms with Crippen molar-refractivity contribution >= 4 is 24.6 Å². The molecule has 0 aliphatic carbocycles. The molecule has 0 aromatic heterocycles. The number of aliphatic hydroxyl groups excluding tert-OH is 8. The number of cyclic esters (lactones) is 1. The van der Waals surface area contributed by atoms with E-state index in [9.17, 15) is 65.1 Å². The molecular weight excluding hydrogens is 1010 g/mol. The first-order valence-corrected chi connectivity index (χ1v) is 25.8. The topological polar surface area (TPSA) is 339 Å². The van der Waals surface area contributed by atoms with Crippen LogP contribution in [0.3, 0.4) is 0 Å². The lowest BCUT2D eigenvalue weighted by Gasteiger charge is -2.47. The lowest BCUT2D eigenvalue weighted by atomic mass is 9.86. The first-order chi connectivity index (χ1) is 36.6. The predicted molar refractivity (Wildman–Crippen MR) is 280 cm³/mol. The summed E-state index contributed by atoms with van der Waals surface area (Å²) in [7, 11) is 0. The molecule has 11 N–H and O–H groups in total. The molecule has 22 nitrogen and oxygen atoms in total. The maximum Gasteiger partial charge on any atom is 0.508 e. The third-order valence-corrected chi connectivity index (χ3v) is 13.1. The van der Waals surface area contributed by atoms with Gasteiger partial charge >= 0.3 is 18.2 Å². The van der Waals surface area contributed by atoms with E-state index in [-0.39, 0.29) is 44.8 Å². The molecule has 432 valence electrons. The summed E-state index contributed by atoms with van der Waals surface area (Å²) in [6.07, 6.45) is 3.24. The van der Waals surface area contributed by atoms with Crippen molar-refractivity contribution in [2.75, 3.05) is 13.2 Å². The predicted octanol–water partition coefficient (Wildman–Crippen LogP) is 2.43. The zero-order valence-corrected chi connectivity index (χ0v) is 44.2. The summed E-state index contributed by atoms with van der Waals surface area (Å²) >= 11 is 0. The zero-order chi connectivity index (χ0) is 57.1. The molecule has 2 fully saturated rings. The first-order valence-electron chi connectivity index (χ1n) is 25.8. The van der Waals surface area contributed by atoms with Gasteiger partial charge in [-0.15, -0.1) is 0 Å². The lowest BCUT2D eigenvalue weighted by molar-refractivity contribution is -0.304. The fourth-order valence-electron chi connectivity index (χ4n) is 8.77. The number of carbonyl (C=O) groups is 4. The van der Waals surface area contributed by atoms with Gasteiger partial charge in [-0.25, -0.2) is 9.59 Å². The van der Waals surface area contributed by atoms with E-state index < -0.39 is 153 Å². The smallest absolute Gasteiger partial charge is 0.462 e. The highest BCUT2D eigenvalue weighted by Gasteiger charge is 2.51. The van der Waals surface area contributed by atoms with Gasteiger partial charge in [0.2, 0.25) is 6.41 Å². The zero-order valence-electron chi connectivity index (χ0n) is 44.2. The number of esters is 1. The second-order valence-corrected chi connectivity index (χ2v) is 19.4. The van der Waals surface area contributed by atoms with Gasteiger partial charge in [-0.3, -0.25) is 9.59 Å². The molecule has 0 aromatic carbocycles. The van der Waals surface area contributed by atoms with Crippen molar-refractivity contribution < 1.29 is 98.3 Å². The average Bonchev–Trinajstić information content (AvgIpc) is 3.37. The number of nitrogens with one attached hydrogen (secondary N) is 2. The van der Waals surface area contributed by atoms with Crippen molar-refractivity contribution in [2.45, 2.75) is 183 Å². The molecular formula is C55H82N2O20. The lowest BCUT2D eigenvalue weighted by Crippen LogP contribution is -2.64. The fraction of sp³-hybridized carbons (Fsp3) is 0.600. The largest absolute Gasteiger partial charge is 0.508 e. The van der Waals surface area contributed by atoms with Crippen molar-refractivity contribution in [2.24, 2.45) is 11.8 Å². The number of alkyl carbamates (subject to hydrolysis) is 1. The molecule has 0 aromatic rings. The molecule has 3 aliphatic rings. The van der Waals surface area contributed by atoms with Crippen LogP contribution in [-0.4, -0.2) is 187 Å². The maximum atomic E-state index is 12.9. The summed E-state index contributed by atoms with van der Waals surface area (Å²) in [5.41, 5.74) is 0. The van der Waals surface area contributed by atoms with Crippen LogP contribution < -0.4 is 10.6 Å². The molecule has 3 rings (SSSR count). The van der Waals surface area contributed by atoms with E-state index in [1.54, 1.807) is 86.8 Å². The Labute approximate surface area is 450 Å². The second-order valence-electron chi connectivity index (χ2n) is 19.4. The van der Waals surface area contributed by atoms with Gasteiger partial charge in [-0.2, -0.15) is 0 Å². The summed E-state index contributed by atoms with van der Waals surface area (Å²) in [5.74, 6) is -3.91. The standard InChI is InChI=1S/C55H82N2O20/c1-7-25-71-53(68)57-48-50(66)37(6)74-52(51(48)67)75-41-22-20-18-16-14-12-10-9-11-13-15-17-19-21-34(3)49(65)35(4)36(5)73-46(64)29-39(60)27-38(59)23-24-42(62)43(63)28-40(61)31-55(70)32-45(76-54(69)72-26-8-2)47(56-33-58)44(30-41)77-55/h7-22,33-45,47-52,59-63,65-67,70H,1-2,23-32H2,3-6H3,(H,56,58)(H,57,68)/b10-9+,13-11+,14-12+,17-15+,18-16+,21-19+,22-20+. The van der Waals surface area contributed by atoms with E-state index in [0.717, 1.165) is 0 Å². The quantitative estimate of drug-likeness (QED) is 0.0648. The Morgan fingerprint density at radius 1 is 0.701 bits per heavy atom. The van der Waals surface area contributed by atoms with Crippen molar-refractivity contribution in [3.63, 3.8) is 0 Å². The minimum absolute atomic E-state index is 0.138. The monoisotopic (exact) mass is 1090 g/mol. The van der Waals surface area contributed by atoms with Crippen LogP contribution in [0.5, 0.6) is 0 Å². The van der Waals surface area contributed by atoms with Gasteiger partial charge in [0.05, 0.1) is 73.4 Å². The Bertz CT molecular complexity index is 2040. The normalized spacial score (nSPS) is 39.8. The van der Waals surface area contributed by atoms with Crippen molar-refractivity contribution in [1.82, 2.24) is 10.6 Å². The van der Waals surface area contributed by atoms with Crippen LogP contribution in [0.4, 0.5) is 9.59 Å². The minimum Gasteiger partial charge on any atom is -0.462 e. The fourth-order valence-corrected chi connectivity index (χ4v) is 8.77. The molecule has 2 amide bonds. The highest BCUT2D eigenvalue weighted by molar-refractivity contribution is 5.70. The molecule has 19 atom stereocenters. The molecule has 3 aliphatic heterocycles. The number of hydrogen-bond acceptors (Lipinski definition) is 20. The second kappa shape index (κ2) is 34.5. The summed E-state index contributed by atoms with van der Waals surface area (Å²) in [6.45, 7) is 13.2. The van der Waals surface area contributed by atoms with Gasteiger partial charge in [0.25, 0.3) is 0 Å². The Kier molecular flexibility index (Phi) is 29.6. The SMILES string of the molecule is C=CCOC(=O)NC1C(O)C(C)OC(OC2/C=C/C=C/C=C/C=C/C=C/C=C/C=C/C(C)C(O)C(C)C(C)OC(=O)CC(O)CC(O)CCC(O)C(O)CC(O)CC3(O)CC(OC(=O)OCC=C)C(NC=O)C(C2)O3)C1O. The van der Waals surface area contributed by atoms with Crippen LogP contribution in [-0.2, 0) is 42.7 Å². The van der Waals surface area contributed by atoms with Gasteiger partial charge in [-0.1, -0.05) is 124 Å². The van der Waals surface area contributed by atoms with Crippen LogP contribution in [0.15, 0.2) is 110 Å². The molecule has 22 heteroatoms. The maximum absolute atomic E-state index is 12.9. The van der Waals surface area contributed by atoms with Gasteiger partial charge in [0.15, 0.2) is 12.1 Å². The number of amides is 2. The van der Waals surface area contributed by atoms with Crippen LogP contribution in [0.25, 0.3) is 0 Å². The third-order valence-electron chi connectivity index (χ3n) is 13.1. The van der Waals surface area contributed by atoms with Crippen LogP contribution >= 0.6 is 0 Å². The van der Waals surface area contributed by atoms with Crippen LogP contribution in [0.2, 0.25) is 0 Å². The van der Waals surface area contributed by atoms with Crippen LogP contribution in [0.1, 0.15) is 79.1 Å². The number of allylic oxidation sites excluding steroid dienone is 12. The molecule has 3 heterocycles. The van der Waals surface area contributed by atoms with E-state index in [0.29, 0.717) is 6.41 Å². The summed E-state index contributed by atoms with van der Waals surface area (Å²) in [5, 5.41) is 105. The van der Waals surface area contributed by atoms with Crippen molar-refractivity contribution in [3.8, 4) is 0 Å². The number of rotatable bonds is 10. The van der Waals surface area contributed by atoms with E-state index in [4.69, 9.17) is 33.2 Å². The van der Waals surface area contributed by atoms with Crippen LogP contribution in [0, 0.1) is 11.8 Å². The first kappa shape index (κ1) is 65.9. The highest BCUT2D eigenvalue weighted by atomic mass is 16.7. The van der Waals surface area contributed by atoms with Gasteiger partial charge in [0.1, 0.15) is 37.6 Å². The van der Waals surface area contributed by atoms with E-state index in [1.807, 2.05) is 13.0 Å². The summed E-state index contributed by atoms with van der Waals surface area (Å²) in [4.78, 5) is 50.3. The number of carbonyl (C=O) groups excluding carboxylic acids is 4. The van der Waals surface area contributed by atoms with Crippen molar-refractivity contribution in [1.29, 1.82) is 0 Å². The number of fused-ring (bicyclic) bond motifs is 2. The van der Waals surface area contributed by atoms with E-state index >= 15 is 0 Å². The molecule has 77 heavy (non-hydrogen) atoms. The third kappa shape index (κ3) is 23.7.